The summed E-state index contributed by atoms with van der Waals surface area (Å²) in [6, 6.07) is 28.1. The van der Waals surface area contributed by atoms with Gasteiger partial charge in [-0.2, -0.15) is 0 Å². The highest BCUT2D eigenvalue weighted by Crippen LogP contribution is 2.37. The van der Waals surface area contributed by atoms with Crippen LogP contribution in [0.2, 0.25) is 5.02 Å². The molecule has 4 aromatic rings. The highest BCUT2D eigenvalue weighted by atomic mass is 35.5. The van der Waals surface area contributed by atoms with Crippen LogP contribution < -0.4 is 10.2 Å². The molecule has 41 heavy (non-hydrogen) atoms. The van der Waals surface area contributed by atoms with Crippen molar-refractivity contribution in [2.45, 2.75) is 45.2 Å². The maximum absolute atomic E-state index is 13.9. The van der Waals surface area contributed by atoms with Crippen molar-refractivity contribution in [1.82, 2.24) is 10.2 Å². The number of halogens is 1. The third-order valence-electron chi connectivity index (χ3n) is 7.48. The first-order valence-corrected chi connectivity index (χ1v) is 14.5. The molecule has 0 bridgehead atoms. The molecule has 1 heterocycles. The standard InChI is InChI=1S/C34H34ClN3O3/c1-2-19-36-33(40)30(22-24-10-4-3-5-11-24)38(23-25-12-6-15-27(35)21-25)31(39)18-9-20-37-29-17-8-14-26-13-7-16-28(32(26)29)34(37)41/h3-8,10-17,21,30H,2,9,18-20,22-23H2,1H3,(H,36,40). The number of carbonyl (C=O) groups is 3. The molecule has 0 radical (unpaired) electrons. The van der Waals surface area contributed by atoms with Crippen molar-refractivity contribution in [3.8, 4) is 0 Å². The minimum absolute atomic E-state index is 0.0408. The molecule has 6 nitrogen and oxygen atoms in total. The summed E-state index contributed by atoms with van der Waals surface area (Å²) in [7, 11) is 0. The number of hydrogen-bond acceptors (Lipinski definition) is 3. The maximum atomic E-state index is 13.9. The molecule has 4 aromatic carbocycles. The number of hydrogen-bond donors (Lipinski definition) is 1. The first kappa shape index (κ1) is 28.4. The highest BCUT2D eigenvalue weighted by molar-refractivity contribution is 6.30. The normalized spacial score (nSPS) is 12.9. The fraction of sp³-hybridized carbons (Fsp3) is 0.265. The summed E-state index contributed by atoms with van der Waals surface area (Å²) in [5, 5.41) is 5.57. The van der Waals surface area contributed by atoms with Gasteiger partial charge in [-0.3, -0.25) is 14.4 Å². The van der Waals surface area contributed by atoms with Gasteiger partial charge in [-0.1, -0.05) is 85.3 Å². The third kappa shape index (κ3) is 6.44. The van der Waals surface area contributed by atoms with Gasteiger partial charge in [0.25, 0.3) is 5.91 Å². The van der Waals surface area contributed by atoms with Gasteiger partial charge in [-0.15, -0.1) is 0 Å². The van der Waals surface area contributed by atoms with Crippen molar-refractivity contribution in [3.05, 3.63) is 113 Å². The van der Waals surface area contributed by atoms with E-state index in [1.54, 1.807) is 15.9 Å². The Morgan fingerprint density at radius 1 is 0.927 bits per heavy atom. The molecular weight excluding hydrogens is 534 g/mol. The van der Waals surface area contributed by atoms with Gasteiger partial charge < -0.3 is 15.1 Å². The van der Waals surface area contributed by atoms with Crippen molar-refractivity contribution >= 4 is 45.8 Å². The highest BCUT2D eigenvalue weighted by Gasteiger charge is 2.32. The topological polar surface area (TPSA) is 69.7 Å². The van der Waals surface area contributed by atoms with Crippen LogP contribution in [0.25, 0.3) is 10.8 Å². The van der Waals surface area contributed by atoms with Crippen LogP contribution in [0.3, 0.4) is 0 Å². The zero-order chi connectivity index (χ0) is 28.8. The lowest BCUT2D eigenvalue weighted by molar-refractivity contribution is -0.141. The van der Waals surface area contributed by atoms with Gasteiger partial charge in [0.1, 0.15) is 6.04 Å². The summed E-state index contributed by atoms with van der Waals surface area (Å²) in [5.41, 5.74) is 3.40. The van der Waals surface area contributed by atoms with Crippen molar-refractivity contribution < 1.29 is 14.4 Å². The molecule has 0 fully saturated rings. The molecule has 1 atom stereocenters. The number of carbonyl (C=O) groups excluding carboxylic acids is 3. The molecule has 1 N–H and O–H groups in total. The molecule has 0 spiro atoms. The molecular formula is C34H34ClN3O3. The molecule has 7 heteroatoms. The molecule has 210 valence electrons. The number of amides is 3. The van der Waals surface area contributed by atoms with E-state index in [2.05, 4.69) is 5.32 Å². The lowest BCUT2D eigenvalue weighted by Crippen LogP contribution is -2.50. The van der Waals surface area contributed by atoms with Gasteiger partial charge in [0.05, 0.1) is 5.69 Å². The first-order chi connectivity index (χ1) is 20.0. The second-order valence-corrected chi connectivity index (χ2v) is 10.8. The van der Waals surface area contributed by atoms with E-state index in [0.29, 0.717) is 36.5 Å². The van der Waals surface area contributed by atoms with E-state index in [0.717, 1.165) is 34.0 Å². The Bertz CT molecular complexity index is 1550. The van der Waals surface area contributed by atoms with Gasteiger partial charge >= 0.3 is 0 Å². The minimum Gasteiger partial charge on any atom is -0.354 e. The van der Waals surface area contributed by atoms with Crippen LogP contribution in [0.1, 0.15) is 47.7 Å². The van der Waals surface area contributed by atoms with Crippen LogP contribution in [0.4, 0.5) is 5.69 Å². The summed E-state index contributed by atoms with van der Waals surface area (Å²) in [5.74, 6) is -0.358. The summed E-state index contributed by atoms with van der Waals surface area (Å²) in [4.78, 5) is 44.1. The molecule has 1 unspecified atom stereocenters. The molecule has 0 saturated heterocycles. The second kappa shape index (κ2) is 13.0. The average Bonchev–Trinajstić information content (AvgIpc) is 3.26. The van der Waals surface area contributed by atoms with Crippen LogP contribution >= 0.6 is 11.6 Å². The van der Waals surface area contributed by atoms with Gasteiger partial charge in [0.15, 0.2) is 0 Å². The van der Waals surface area contributed by atoms with E-state index >= 15 is 0 Å². The zero-order valence-electron chi connectivity index (χ0n) is 23.2. The Morgan fingerprint density at radius 2 is 1.66 bits per heavy atom. The SMILES string of the molecule is CCCNC(=O)C(Cc1ccccc1)N(Cc1cccc(Cl)c1)C(=O)CCCN1C(=O)c2cccc3cccc1c23. The zero-order valence-corrected chi connectivity index (χ0v) is 23.9. The van der Waals surface area contributed by atoms with E-state index in [1.165, 1.54) is 0 Å². The van der Waals surface area contributed by atoms with Gasteiger partial charge in [-0.25, -0.2) is 0 Å². The summed E-state index contributed by atoms with van der Waals surface area (Å²) < 4.78 is 0. The lowest BCUT2D eigenvalue weighted by Gasteiger charge is -2.32. The van der Waals surface area contributed by atoms with Gasteiger partial charge in [-0.05, 0) is 53.6 Å². The van der Waals surface area contributed by atoms with Crippen molar-refractivity contribution in [2.75, 3.05) is 18.0 Å². The Balaban J connectivity index is 1.37. The van der Waals surface area contributed by atoms with Crippen LogP contribution in [0.15, 0.2) is 91.0 Å². The van der Waals surface area contributed by atoms with E-state index in [4.69, 9.17) is 11.6 Å². The first-order valence-electron chi connectivity index (χ1n) is 14.2. The molecule has 0 saturated carbocycles. The number of benzene rings is 4. The van der Waals surface area contributed by atoms with Crippen LogP contribution in [0.5, 0.6) is 0 Å². The lowest BCUT2D eigenvalue weighted by atomic mass is 10.0. The maximum Gasteiger partial charge on any atom is 0.258 e. The van der Waals surface area contributed by atoms with E-state index < -0.39 is 6.04 Å². The quantitative estimate of drug-likeness (QED) is 0.215. The summed E-state index contributed by atoms with van der Waals surface area (Å²) in [6.45, 7) is 3.20. The smallest absolute Gasteiger partial charge is 0.258 e. The fourth-order valence-electron chi connectivity index (χ4n) is 5.49. The Labute approximate surface area is 245 Å². The van der Waals surface area contributed by atoms with Crippen molar-refractivity contribution in [1.29, 1.82) is 0 Å². The fourth-order valence-corrected chi connectivity index (χ4v) is 5.70. The predicted molar refractivity (Wildman–Crippen MR) is 164 cm³/mol. The minimum atomic E-state index is -0.693. The third-order valence-corrected chi connectivity index (χ3v) is 7.72. The van der Waals surface area contributed by atoms with Crippen LogP contribution in [-0.4, -0.2) is 41.8 Å². The summed E-state index contributed by atoms with van der Waals surface area (Å²) in [6.07, 6.45) is 1.86. The Kier molecular flexibility index (Phi) is 9.00. The molecule has 1 aliphatic heterocycles. The van der Waals surface area contributed by atoms with Crippen LogP contribution in [-0.2, 0) is 22.6 Å². The molecule has 1 aliphatic rings. The monoisotopic (exact) mass is 567 g/mol. The van der Waals surface area contributed by atoms with Crippen LogP contribution in [0, 0.1) is 0 Å². The van der Waals surface area contributed by atoms with Gasteiger partial charge in [0.2, 0.25) is 11.8 Å². The Morgan fingerprint density at radius 3 is 2.41 bits per heavy atom. The molecule has 0 aromatic heterocycles. The Hall–Kier alpha value is -4.16. The van der Waals surface area contributed by atoms with E-state index in [1.807, 2.05) is 91.9 Å². The van der Waals surface area contributed by atoms with E-state index in [9.17, 15) is 14.4 Å². The molecule has 3 amide bonds. The molecule has 0 aliphatic carbocycles. The largest absolute Gasteiger partial charge is 0.354 e. The predicted octanol–water partition coefficient (Wildman–Crippen LogP) is 6.40. The summed E-state index contributed by atoms with van der Waals surface area (Å²) >= 11 is 6.27. The number of nitrogens with one attached hydrogen (secondary N) is 1. The number of nitrogens with zero attached hydrogens (tertiary/aromatic N) is 2. The van der Waals surface area contributed by atoms with Gasteiger partial charge in [0, 0.05) is 48.4 Å². The number of rotatable bonds is 12. The van der Waals surface area contributed by atoms with E-state index in [-0.39, 0.29) is 30.7 Å². The van der Waals surface area contributed by atoms with Crippen molar-refractivity contribution in [2.24, 2.45) is 0 Å². The molecule has 5 rings (SSSR count). The average molecular weight is 568 g/mol. The van der Waals surface area contributed by atoms with Crippen molar-refractivity contribution in [3.63, 3.8) is 0 Å². The second-order valence-electron chi connectivity index (χ2n) is 10.4. The number of anilines is 1.